The minimum atomic E-state index is -0.0638. The Labute approximate surface area is 80.1 Å². The van der Waals surface area contributed by atoms with Gasteiger partial charge in [-0.15, -0.1) is 0 Å². The van der Waals surface area contributed by atoms with E-state index in [0.717, 1.165) is 11.3 Å². The van der Waals surface area contributed by atoms with Crippen molar-refractivity contribution in [3.8, 4) is 0 Å². The van der Waals surface area contributed by atoms with Gasteiger partial charge in [-0.1, -0.05) is 34.1 Å². The highest BCUT2D eigenvalue weighted by Crippen LogP contribution is 2.12. The molecule has 0 aliphatic heterocycles. The molecule has 1 amide bonds. The van der Waals surface area contributed by atoms with E-state index in [2.05, 4.69) is 28.2 Å². The second-order valence-corrected chi connectivity index (χ2v) is 2.90. The van der Waals surface area contributed by atoms with Crippen molar-refractivity contribution in [2.24, 2.45) is 0 Å². The van der Waals surface area contributed by atoms with Crippen LogP contribution in [0, 0.1) is 6.92 Å². The lowest BCUT2D eigenvalue weighted by Gasteiger charge is -2.05. The Kier molecular flexibility index (Phi) is 3.29. The van der Waals surface area contributed by atoms with Gasteiger partial charge in [0.1, 0.15) is 0 Å². The van der Waals surface area contributed by atoms with Gasteiger partial charge in [-0.25, -0.2) is 0 Å². The third kappa shape index (κ3) is 2.34. The highest BCUT2D eigenvalue weighted by molar-refractivity contribution is 9.09. The number of benzene rings is 1. The molecule has 12 heavy (non-hydrogen) atoms. The van der Waals surface area contributed by atoms with E-state index in [0.29, 0.717) is 5.33 Å². The van der Waals surface area contributed by atoms with Gasteiger partial charge in [-0.3, -0.25) is 4.79 Å². The van der Waals surface area contributed by atoms with Crippen molar-refractivity contribution in [3.63, 3.8) is 0 Å². The third-order valence-corrected chi connectivity index (χ3v) is 1.92. The fourth-order valence-electron chi connectivity index (χ4n) is 0.826. The molecule has 3 heteroatoms. The molecular weight excluding hydrogens is 218 g/mol. The quantitative estimate of drug-likeness (QED) is 0.771. The van der Waals surface area contributed by atoms with Crippen LogP contribution in [0.4, 0.5) is 5.69 Å². The smallest absolute Gasteiger partial charge is 0.235 e. The van der Waals surface area contributed by atoms with E-state index < -0.39 is 0 Å². The molecule has 1 radical (unpaired) electrons. The third-order valence-electron chi connectivity index (χ3n) is 1.41. The molecule has 0 saturated heterocycles. The molecule has 0 aromatic heterocycles. The van der Waals surface area contributed by atoms with Gasteiger partial charge in [0.05, 0.1) is 5.33 Å². The Morgan fingerprint density at radius 1 is 1.50 bits per heavy atom. The van der Waals surface area contributed by atoms with E-state index in [4.69, 9.17) is 0 Å². The average Bonchev–Trinajstić information content (AvgIpc) is 2.09. The molecule has 0 unspecified atom stereocenters. The van der Waals surface area contributed by atoms with E-state index in [9.17, 15) is 4.79 Å². The Hall–Kier alpha value is -0.830. The number of rotatable bonds is 2. The Bertz CT molecular complexity index is 286. The standard InChI is InChI=1S/C9H9BrNO/c1-7-4-2-3-5-8(7)11-9(12)6-10/h2-5H,1,6H2,(H,11,12). The van der Waals surface area contributed by atoms with Crippen LogP contribution in [0.1, 0.15) is 5.56 Å². The first-order valence-corrected chi connectivity index (χ1v) is 4.63. The summed E-state index contributed by atoms with van der Waals surface area (Å²) in [5, 5.41) is 3.02. The van der Waals surface area contributed by atoms with Crippen molar-refractivity contribution in [1.82, 2.24) is 0 Å². The summed E-state index contributed by atoms with van der Waals surface area (Å²) >= 11 is 3.06. The number of nitrogens with one attached hydrogen (secondary N) is 1. The largest absolute Gasteiger partial charge is 0.325 e. The molecule has 2 nitrogen and oxygen atoms in total. The molecule has 1 aromatic carbocycles. The van der Waals surface area contributed by atoms with Crippen molar-refractivity contribution in [3.05, 3.63) is 36.8 Å². The summed E-state index contributed by atoms with van der Waals surface area (Å²) in [6.45, 7) is 3.78. The zero-order chi connectivity index (χ0) is 8.97. The van der Waals surface area contributed by atoms with Crippen molar-refractivity contribution in [2.75, 3.05) is 10.6 Å². The van der Waals surface area contributed by atoms with E-state index in [-0.39, 0.29) is 5.91 Å². The van der Waals surface area contributed by atoms with Crippen molar-refractivity contribution < 1.29 is 4.79 Å². The molecule has 1 rings (SSSR count). The number of carbonyl (C=O) groups excluding carboxylic acids is 1. The van der Waals surface area contributed by atoms with Gasteiger partial charge in [-0.2, -0.15) is 0 Å². The zero-order valence-corrected chi connectivity index (χ0v) is 8.10. The summed E-state index contributed by atoms with van der Waals surface area (Å²) in [5.74, 6) is -0.0638. The predicted molar refractivity (Wildman–Crippen MR) is 53.3 cm³/mol. The maximum absolute atomic E-state index is 10.9. The summed E-state index contributed by atoms with van der Waals surface area (Å²) < 4.78 is 0. The molecule has 0 fully saturated rings. The first-order valence-electron chi connectivity index (χ1n) is 3.51. The first-order chi connectivity index (χ1) is 5.74. The molecule has 0 atom stereocenters. The minimum Gasteiger partial charge on any atom is -0.325 e. The van der Waals surface area contributed by atoms with E-state index in [1.807, 2.05) is 24.3 Å². The Balaban J connectivity index is 2.75. The van der Waals surface area contributed by atoms with E-state index in [1.54, 1.807) is 0 Å². The fourth-order valence-corrected chi connectivity index (χ4v) is 0.966. The first kappa shape index (κ1) is 9.26. The topological polar surface area (TPSA) is 29.1 Å². The van der Waals surface area contributed by atoms with Gasteiger partial charge in [0.2, 0.25) is 5.91 Å². The maximum Gasteiger partial charge on any atom is 0.235 e. The fraction of sp³-hybridized carbons (Fsp3) is 0.111. The number of hydrogen-bond donors (Lipinski definition) is 1. The molecule has 63 valence electrons. The van der Waals surface area contributed by atoms with Gasteiger partial charge in [-0.05, 0) is 18.6 Å². The zero-order valence-electron chi connectivity index (χ0n) is 6.51. The monoisotopic (exact) mass is 226 g/mol. The summed E-state index contributed by atoms with van der Waals surface area (Å²) in [5.41, 5.74) is 1.59. The Morgan fingerprint density at radius 2 is 2.17 bits per heavy atom. The van der Waals surface area contributed by atoms with Gasteiger partial charge < -0.3 is 5.32 Å². The average molecular weight is 227 g/mol. The summed E-state index contributed by atoms with van der Waals surface area (Å²) in [6.07, 6.45) is 0. The summed E-state index contributed by atoms with van der Waals surface area (Å²) in [4.78, 5) is 10.9. The number of anilines is 1. The number of alkyl halides is 1. The van der Waals surface area contributed by atoms with Crippen LogP contribution in [0.15, 0.2) is 24.3 Å². The predicted octanol–water partition coefficient (Wildman–Crippen LogP) is 2.20. The number of hydrogen-bond acceptors (Lipinski definition) is 1. The molecule has 1 aromatic rings. The van der Waals surface area contributed by atoms with Crippen LogP contribution in [0.25, 0.3) is 0 Å². The normalized spacial score (nSPS) is 9.50. The number of para-hydroxylation sites is 1. The van der Waals surface area contributed by atoms with Crippen LogP contribution >= 0.6 is 15.9 Å². The van der Waals surface area contributed by atoms with Crippen molar-refractivity contribution in [1.29, 1.82) is 0 Å². The van der Waals surface area contributed by atoms with E-state index >= 15 is 0 Å². The molecule has 0 aliphatic rings. The molecule has 1 N–H and O–H groups in total. The molecule has 0 saturated carbocycles. The van der Waals surface area contributed by atoms with E-state index in [1.165, 1.54) is 0 Å². The maximum atomic E-state index is 10.9. The number of carbonyl (C=O) groups is 1. The van der Waals surface area contributed by atoms with Crippen LogP contribution in [0.3, 0.4) is 0 Å². The highest BCUT2D eigenvalue weighted by atomic mass is 79.9. The molecule has 0 aliphatic carbocycles. The second kappa shape index (κ2) is 4.26. The second-order valence-electron chi connectivity index (χ2n) is 2.34. The molecule has 0 heterocycles. The van der Waals surface area contributed by atoms with Crippen molar-refractivity contribution >= 4 is 27.5 Å². The van der Waals surface area contributed by atoms with Crippen molar-refractivity contribution in [2.45, 2.75) is 0 Å². The van der Waals surface area contributed by atoms with Crippen LogP contribution in [0.2, 0.25) is 0 Å². The van der Waals surface area contributed by atoms with Gasteiger partial charge in [0, 0.05) is 5.69 Å². The number of amides is 1. The lowest BCUT2D eigenvalue weighted by Crippen LogP contribution is -2.12. The highest BCUT2D eigenvalue weighted by Gasteiger charge is 2.00. The van der Waals surface area contributed by atoms with Crippen LogP contribution in [0.5, 0.6) is 0 Å². The van der Waals surface area contributed by atoms with Gasteiger partial charge in [0.15, 0.2) is 0 Å². The molecular formula is C9H9BrNO. The lowest BCUT2D eigenvalue weighted by molar-refractivity contribution is -0.113. The number of halogens is 1. The molecule has 0 bridgehead atoms. The Morgan fingerprint density at radius 3 is 2.75 bits per heavy atom. The van der Waals surface area contributed by atoms with Gasteiger partial charge >= 0.3 is 0 Å². The van der Waals surface area contributed by atoms with Crippen LogP contribution in [-0.4, -0.2) is 11.2 Å². The van der Waals surface area contributed by atoms with Gasteiger partial charge in [0.25, 0.3) is 0 Å². The summed E-state index contributed by atoms with van der Waals surface area (Å²) in [7, 11) is 0. The molecule has 0 spiro atoms. The van der Waals surface area contributed by atoms with Crippen LogP contribution < -0.4 is 5.32 Å². The van der Waals surface area contributed by atoms with Crippen LogP contribution in [-0.2, 0) is 4.79 Å². The summed E-state index contributed by atoms with van der Waals surface area (Å²) in [6, 6.07) is 7.41. The lowest BCUT2D eigenvalue weighted by atomic mass is 10.2. The SMILES string of the molecule is [CH2]c1ccccc1NC(=O)CBr. The minimum absolute atomic E-state index is 0.0638.